The molecule has 3 amide bonds. The van der Waals surface area contributed by atoms with Gasteiger partial charge in [0, 0.05) is 17.3 Å². The second-order valence-electron chi connectivity index (χ2n) is 8.12. The Labute approximate surface area is 196 Å². The molecule has 32 heavy (non-hydrogen) atoms. The van der Waals surface area contributed by atoms with E-state index in [1.54, 1.807) is 12.1 Å². The number of amides is 3. The van der Waals surface area contributed by atoms with Gasteiger partial charge >= 0.3 is 0 Å². The van der Waals surface area contributed by atoms with Crippen LogP contribution in [0.2, 0.25) is 0 Å². The molecule has 2 heterocycles. The molecular weight excluding hydrogens is 442 g/mol. The largest absolute Gasteiger partial charge is 0.324 e. The van der Waals surface area contributed by atoms with Crippen molar-refractivity contribution in [3.05, 3.63) is 64.1 Å². The fraction of sp³-hybridized carbons (Fsp3) is 0.250. The molecule has 2 aliphatic heterocycles. The number of fused-ring (bicyclic) bond motifs is 1. The molecule has 8 heteroatoms. The highest BCUT2D eigenvalue weighted by atomic mass is 32.2. The van der Waals surface area contributed by atoms with Crippen molar-refractivity contribution in [2.75, 3.05) is 16.8 Å². The third-order valence-corrected chi connectivity index (χ3v) is 6.82. The average Bonchev–Trinajstić information content (AvgIpc) is 3.17. The second kappa shape index (κ2) is 8.52. The maximum atomic E-state index is 13.4. The Morgan fingerprint density at radius 2 is 1.81 bits per heavy atom. The first-order chi connectivity index (χ1) is 15.2. The summed E-state index contributed by atoms with van der Waals surface area (Å²) in [5, 5.41) is 2.89. The molecule has 0 aromatic heterocycles. The van der Waals surface area contributed by atoms with Gasteiger partial charge in [0.2, 0.25) is 5.91 Å². The molecule has 2 aromatic rings. The number of thiocarbonyl (C=S) groups is 1. The van der Waals surface area contributed by atoms with Gasteiger partial charge in [-0.25, -0.2) is 0 Å². The van der Waals surface area contributed by atoms with Crippen LogP contribution in [0.4, 0.5) is 11.4 Å². The molecule has 0 radical (unpaired) electrons. The third kappa shape index (κ3) is 3.84. The quantitative estimate of drug-likeness (QED) is 0.540. The number of nitrogens with one attached hydrogen (secondary N) is 1. The number of carbonyl (C=O) groups excluding carboxylic acids is 3. The topological polar surface area (TPSA) is 69.7 Å². The standard InChI is InChI=1S/C24H23N3O3S2/c1-13(2)27-23(30)21(32-24(27)31)20-16-7-5-6-8-18(16)26(22(20)29)12-19(28)25-17-10-9-14(3)11-15(17)4/h5-11,13H,12H2,1-4H3,(H,25,28). The van der Waals surface area contributed by atoms with Gasteiger partial charge in [0.1, 0.15) is 10.9 Å². The monoisotopic (exact) mass is 465 g/mol. The molecule has 164 valence electrons. The molecule has 0 unspecified atom stereocenters. The van der Waals surface area contributed by atoms with Crippen molar-refractivity contribution in [2.24, 2.45) is 0 Å². The van der Waals surface area contributed by atoms with E-state index in [9.17, 15) is 14.4 Å². The minimum Gasteiger partial charge on any atom is -0.324 e. The summed E-state index contributed by atoms with van der Waals surface area (Å²) in [7, 11) is 0. The van der Waals surface area contributed by atoms with E-state index in [4.69, 9.17) is 12.2 Å². The zero-order chi connectivity index (χ0) is 23.2. The normalized spacial score (nSPS) is 18.1. The predicted molar refractivity (Wildman–Crippen MR) is 132 cm³/mol. The molecule has 0 atom stereocenters. The van der Waals surface area contributed by atoms with Gasteiger partial charge in [0.05, 0.1) is 16.2 Å². The van der Waals surface area contributed by atoms with Gasteiger partial charge in [-0.1, -0.05) is 59.9 Å². The van der Waals surface area contributed by atoms with Gasteiger partial charge in [-0.05, 0) is 45.4 Å². The molecule has 4 rings (SSSR count). The Bertz CT molecular complexity index is 1200. The summed E-state index contributed by atoms with van der Waals surface area (Å²) >= 11 is 6.52. The van der Waals surface area contributed by atoms with Crippen molar-refractivity contribution < 1.29 is 14.4 Å². The third-order valence-electron chi connectivity index (χ3n) is 5.42. The number of hydrogen-bond donors (Lipinski definition) is 1. The number of thioether (sulfide) groups is 1. The summed E-state index contributed by atoms with van der Waals surface area (Å²) in [6.45, 7) is 7.52. The number of hydrogen-bond acceptors (Lipinski definition) is 5. The molecule has 1 fully saturated rings. The fourth-order valence-electron chi connectivity index (χ4n) is 3.92. The van der Waals surface area contributed by atoms with Crippen LogP contribution in [0.1, 0.15) is 30.5 Å². The van der Waals surface area contributed by atoms with Crippen LogP contribution < -0.4 is 10.2 Å². The van der Waals surface area contributed by atoms with Crippen LogP contribution in [0, 0.1) is 13.8 Å². The molecule has 0 spiro atoms. The minimum absolute atomic E-state index is 0.105. The fourth-order valence-corrected chi connectivity index (χ4v) is 5.51. The SMILES string of the molecule is Cc1ccc(NC(=O)CN2C(=O)C(=C3SC(=S)N(C(C)C)C3=O)c3ccccc32)c(C)c1. The van der Waals surface area contributed by atoms with E-state index in [0.717, 1.165) is 22.9 Å². The van der Waals surface area contributed by atoms with Gasteiger partial charge in [-0.3, -0.25) is 24.2 Å². The van der Waals surface area contributed by atoms with Gasteiger partial charge in [-0.2, -0.15) is 0 Å². The van der Waals surface area contributed by atoms with Gasteiger partial charge in [0.25, 0.3) is 11.8 Å². The van der Waals surface area contributed by atoms with Gasteiger partial charge < -0.3 is 5.32 Å². The van der Waals surface area contributed by atoms with E-state index in [1.807, 2.05) is 58.0 Å². The first kappa shape index (κ1) is 22.2. The lowest BCUT2D eigenvalue weighted by atomic mass is 10.1. The Morgan fingerprint density at radius 1 is 1.09 bits per heavy atom. The second-order valence-corrected chi connectivity index (χ2v) is 9.76. The molecule has 2 aliphatic rings. The maximum Gasteiger partial charge on any atom is 0.267 e. The van der Waals surface area contributed by atoms with Gasteiger partial charge in [-0.15, -0.1) is 0 Å². The Morgan fingerprint density at radius 3 is 2.47 bits per heavy atom. The zero-order valence-electron chi connectivity index (χ0n) is 18.3. The van der Waals surface area contributed by atoms with E-state index in [1.165, 1.54) is 9.80 Å². The smallest absolute Gasteiger partial charge is 0.267 e. The van der Waals surface area contributed by atoms with Crippen molar-refractivity contribution >= 4 is 63.0 Å². The average molecular weight is 466 g/mol. The molecule has 1 saturated heterocycles. The lowest BCUT2D eigenvalue weighted by molar-refractivity contribution is -0.123. The highest BCUT2D eigenvalue weighted by Gasteiger charge is 2.43. The molecular formula is C24H23N3O3S2. The van der Waals surface area contributed by atoms with Gasteiger partial charge in [0.15, 0.2) is 0 Å². The summed E-state index contributed by atoms with van der Waals surface area (Å²) in [5.74, 6) is -0.947. The van der Waals surface area contributed by atoms with Crippen molar-refractivity contribution in [2.45, 2.75) is 33.7 Å². The summed E-state index contributed by atoms with van der Waals surface area (Å²) < 4.78 is 0.434. The van der Waals surface area contributed by atoms with Crippen LogP contribution in [0.3, 0.4) is 0 Å². The Kier molecular flexibility index (Phi) is 5.92. The molecule has 6 nitrogen and oxygen atoms in total. The van der Waals surface area contributed by atoms with E-state index in [2.05, 4.69) is 5.32 Å². The van der Waals surface area contributed by atoms with Crippen LogP contribution in [-0.4, -0.2) is 39.5 Å². The summed E-state index contributed by atoms with van der Waals surface area (Å²) in [6.07, 6.45) is 0. The first-order valence-electron chi connectivity index (χ1n) is 10.3. The first-order valence-corrected chi connectivity index (χ1v) is 11.5. The van der Waals surface area contributed by atoms with E-state index < -0.39 is 0 Å². The van der Waals surface area contributed by atoms with Crippen molar-refractivity contribution in [3.8, 4) is 0 Å². The van der Waals surface area contributed by atoms with Crippen LogP contribution in [0.15, 0.2) is 47.4 Å². The molecule has 1 N–H and O–H groups in total. The van der Waals surface area contributed by atoms with E-state index in [0.29, 0.717) is 31.7 Å². The van der Waals surface area contributed by atoms with Crippen LogP contribution in [0.5, 0.6) is 0 Å². The van der Waals surface area contributed by atoms with Crippen LogP contribution in [-0.2, 0) is 14.4 Å². The molecule has 2 aromatic carbocycles. The summed E-state index contributed by atoms with van der Waals surface area (Å²) in [6, 6.07) is 12.9. The maximum absolute atomic E-state index is 13.4. The number of nitrogens with zero attached hydrogens (tertiary/aromatic N) is 2. The molecule has 0 saturated carbocycles. The highest BCUT2D eigenvalue weighted by molar-refractivity contribution is 8.26. The minimum atomic E-state index is -0.369. The highest BCUT2D eigenvalue weighted by Crippen LogP contribution is 2.44. The Balaban J connectivity index is 1.66. The van der Waals surface area contributed by atoms with Crippen molar-refractivity contribution in [1.29, 1.82) is 0 Å². The number of para-hydroxylation sites is 1. The Hall–Kier alpha value is -2.97. The number of carbonyl (C=O) groups is 3. The number of rotatable bonds is 4. The van der Waals surface area contributed by atoms with E-state index >= 15 is 0 Å². The summed E-state index contributed by atoms with van der Waals surface area (Å²) in [5.41, 5.74) is 4.31. The molecule has 0 aliphatic carbocycles. The lowest BCUT2D eigenvalue weighted by Crippen LogP contribution is -2.36. The van der Waals surface area contributed by atoms with Crippen molar-refractivity contribution in [3.63, 3.8) is 0 Å². The van der Waals surface area contributed by atoms with E-state index in [-0.39, 0.29) is 30.3 Å². The number of benzene rings is 2. The number of aryl methyl sites for hydroxylation is 2. The molecule has 0 bridgehead atoms. The van der Waals surface area contributed by atoms with Crippen molar-refractivity contribution in [1.82, 2.24) is 4.90 Å². The predicted octanol–water partition coefficient (Wildman–Crippen LogP) is 4.27. The van der Waals surface area contributed by atoms with Crippen LogP contribution >= 0.6 is 24.0 Å². The van der Waals surface area contributed by atoms with Crippen LogP contribution in [0.25, 0.3) is 5.57 Å². The zero-order valence-corrected chi connectivity index (χ0v) is 19.9. The number of anilines is 2. The summed E-state index contributed by atoms with van der Waals surface area (Å²) in [4.78, 5) is 42.6. The lowest BCUT2D eigenvalue weighted by Gasteiger charge is -2.18.